The zero-order valence-corrected chi connectivity index (χ0v) is 21.4. The van der Waals surface area contributed by atoms with Gasteiger partial charge in [-0.05, 0) is 18.2 Å². The lowest BCUT2D eigenvalue weighted by Crippen LogP contribution is -2.45. The number of nitrogens with zero attached hydrogens (tertiary/aromatic N) is 3. The second-order valence-electron chi connectivity index (χ2n) is 8.64. The molecule has 1 aromatic carbocycles. The lowest BCUT2D eigenvalue weighted by atomic mass is 10.0. The number of amides is 1. The minimum Gasteiger partial charge on any atom is -0.465 e. The fourth-order valence-electron chi connectivity index (χ4n) is 4.00. The summed E-state index contributed by atoms with van der Waals surface area (Å²) in [5, 5.41) is 20.9. The van der Waals surface area contributed by atoms with Crippen LogP contribution < -0.4 is 15.2 Å². The number of Topliss-reactive ketones (excluding diaryl/α,β-unsaturated/α-hetero) is 1. The summed E-state index contributed by atoms with van der Waals surface area (Å²) in [7, 11) is -3.20. The van der Waals surface area contributed by atoms with E-state index in [1.807, 2.05) is 0 Å². The highest BCUT2D eigenvalue weighted by atomic mass is 32.2. The number of imidazole rings is 1. The number of carbonyl (C=O) groups is 3. The van der Waals surface area contributed by atoms with Gasteiger partial charge < -0.3 is 25.4 Å². The highest BCUT2D eigenvalue weighted by Gasteiger charge is 2.44. The number of benzene rings is 1. The lowest BCUT2D eigenvalue weighted by Gasteiger charge is -2.16. The van der Waals surface area contributed by atoms with Gasteiger partial charge in [-0.2, -0.15) is 13.1 Å². The number of nitrogens with one attached hydrogen (secondary N) is 2. The van der Waals surface area contributed by atoms with Crippen LogP contribution in [0.25, 0.3) is 11.2 Å². The van der Waals surface area contributed by atoms with Crippen LogP contribution in [0.4, 0.5) is 5.69 Å². The number of rotatable bonds is 10. The van der Waals surface area contributed by atoms with E-state index < -0.39 is 65.4 Å². The number of pyridine rings is 1. The van der Waals surface area contributed by atoms with Crippen LogP contribution in [0.5, 0.6) is 0 Å². The highest BCUT2D eigenvalue weighted by Crippen LogP contribution is 2.32. The largest absolute Gasteiger partial charge is 0.465 e. The van der Waals surface area contributed by atoms with E-state index in [9.17, 15) is 33.0 Å². The summed E-state index contributed by atoms with van der Waals surface area (Å²) in [4.78, 5) is 44.5. The number of aliphatic hydroxyl groups is 2. The van der Waals surface area contributed by atoms with Gasteiger partial charge in [-0.3, -0.25) is 14.2 Å². The van der Waals surface area contributed by atoms with Crippen molar-refractivity contribution in [3.05, 3.63) is 54.0 Å². The molecule has 4 rings (SSSR count). The van der Waals surface area contributed by atoms with E-state index in [1.54, 1.807) is 10.8 Å². The number of fused-ring (bicyclic) bond motifs is 1. The molecule has 208 valence electrons. The predicted molar refractivity (Wildman–Crippen MR) is 134 cm³/mol. The second-order valence-corrected chi connectivity index (χ2v) is 10.1. The van der Waals surface area contributed by atoms with E-state index in [-0.39, 0.29) is 17.5 Å². The van der Waals surface area contributed by atoms with Crippen LogP contribution in [0.2, 0.25) is 0 Å². The SMILES string of the molecule is COC(=O)c1cccc(C(=O)CCC(=O)NS(=O)(=O)NC[C@H]2O[C@@H](n3cnc4c(N)ccnc43)[C@H](O)[C@@H]2O)c1. The van der Waals surface area contributed by atoms with Gasteiger partial charge in [0.05, 0.1) is 24.7 Å². The number of ketones is 1. The standard InChI is InChI=1S/C23H26N6O9S/c1-37-23(34)13-4-2-3-12(9-13)15(30)5-6-17(31)28-39(35,36)27-10-16-19(32)20(33)22(38-16)29-11-26-18-14(24)7-8-25-21(18)29/h2-4,7-9,11,16,19-20,22,27,32-33H,5-6,10H2,1H3,(H2,24,25)(H,28,31)/t16-,19-,20-,22-/m1/s1. The van der Waals surface area contributed by atoms with Gasteiger partial charge in [0.25, 0.3) is 0 Å². The molecular weight excluding hydrogens is 536 g/mol. The molecule has 0 radical (unpaired) electrons. The van der Waals surface area contributed by atoms with Crippen molar-refractivity contribution in [3.63, 3.8) is 0 Å². The molecule has 0 spiro atoms. The smallest absolute Gasteiger partial charge is 0.337 e. The van der Waals surface area contributed by atoms with E-state index >= 15 is 0 Å². The summed E-state index contributed by atoms with van der Waals surface area (Å²) in [5.74, 6) is -2.07. The Hall–Kier alpha value is -3.96. The van der Waals surface area contributed by atoms with E-state index in [0.717, 1.165) is 0 Å². The van der Waals surface area contributed by atoms with Gasteiger partial charge in [-0.15, -0.1) is 0 Å². The Kier molecular flexibility index (Phi) is 8.22. The van der Waals surface area contributed by atoms with Crippen molar-refractivity contribution in [2.45, 2.75) is 37.4 Å². The number of hydrogen-bond acceptors (Lipinski definition) is 12. The van der Waals surface area contributed by atoms with Crippen LogP contribution in [0.3, 0.4) is 0 Å². The first-order valence-corrected chi connectivity index (χ1v) is 13.1. The molecular formula is C23H26N6O9S. The molecule has 0 aliphatic carbocycles. The van der Waals surface area contributed by atoms with Gasteiger partial charge in [0.2, 0.25) is 5.91 Å². The third-order valence-corrected chi connectivity index (χ3v) is 7.05. The number of aromatic nitrogens is 3. The Labute approximate surface area is 222 Å². The Morgan fingerprint density at radius 2 is 1.87 bits per heavy atom. The van der Waals surface area contributed by atoms with Gasteiger partial charge in [-0.25, -0.2) is 19.5 Å². The van der Waals surface area contributed by atoms with E-state index in [4.69, 9.17) is 10.5 Å². The van der Waals surface area contributed by atoms with E-state index in [2.05, 4.69) is 19.4 Å². The molecule has 16 heteroatoms. The molecule has 0 bridgehead atoms. The normalized spacial score (nSPS) is 21.1. The minimum absolute atomic E-state index is 0.157. The molecule has 3 heterocycles. The molecule has 0 unspecified atom stereocenters. The molecule has 2 aromatic heterocycles. The van der Waals surface area contributed by atoms with Gasteiger partial charge in [0.15, 0.2) is 17.7 Å². The van der Waals surface area contributed by atoms with Crippen LogP contribution >= 0.6 is 0 Å². The molecule has 4 atom stereocenters. The Bertz CT molecular complexity index is 1510. The first-order valence-electron chi connectivity index (χ1n) is 11.6. The zero-order valence-electron chi connectivity index (χ0n) is 20.6. The average molecular weight is 563 g/mol. The lowest BCUT2D eigenvalue weighted by molar-refractivity contribution is -0.119. The molecule has 6 N–H and O–H groups in total. The van der Waals surface area contributed by atoms with Crippen LogP contribution in [0.15, 0.2) is 42.9 Å². The first kappa shape index (κ1) is 28.1. The van der Waals surface area contributed by atoms with E-state index in [1.165, 1.54) is 48.5 Å². The van der Waals surface area contributed by atoms with Gasteiger partial charge >= 0.3 is 16.2 Å². The zero-order chi connectivity index (χ0) is 28.3. The number of nitrogens with two attached hydrogens (primary N) is 1. The number of esters is 1. The maximum atomic E-state index is 12.4. The quantitative estimate of drug-likeness (QED) is 0.149. The number of aliphatic hydroxyl groups excluding tert-OH is 2. The van der Waals surface area contributed by atoms with E-state index in [0.29, 0.717) is 16.9 Å². The molecule has 1 aliphatic rings. The number of nitrogen functional groups attached to an aromatic ring is 1. The van der Waals surface area contributed by atoms with Crippen molar-refractivity contribution in [2.75, 3.05) is 19.4 Å². The van der Waals surface area contributed by atoms with Crippen LogP contribution in [0.1, 0.15) is 39.8 Å². The van der Waals surface area contributed by atoms with Crippen molar-refractivity contribution >= 4 is 44.7 Å². The number of hydrogen-bond donors (Lipinski definition) is 5. The first-order chi connectivity index (χ1) is 18.5. The predicted octanol–water partition coefficient (Wildman–Crippen LogP) is -0.967. The van der Waals surface area contributed by atoms with Crippen LogP contribution in [-0.2, 0) is 24.5 Å². The summed E-state index contributed by atoms with van der Waals surface area (Å²) >= 11 is 0. The number of carbonyl (C=O) groups excluding carboxylic acids is 3. The highest BCUT2D eigenvalue weighted by molar-refractivity contribution is 7.88. The second kappa shape index (κ2) is 11.4. The van der Waals surface area contributed by atoms with Crippen molar-refractivity contribution in [2.24, 2.45) is 0 Å². The van der Waals surface area contributed by atoms with Crippen molar-refractivity contribution < 1.29 is 42.5 Å². The number of methoxy groups -OCH3 is 1. The van der Waals surface area contributed by atoms with Crippen molar-refractivity contribution in [3.8, 4) is 0 Å². The van der Waals surface area contributed by atoms with Gasteiger partial charge in [-0.1, -0.05) is 12.1 Å². The summed E-state index contributed by atoms with van der Waals surface area (Å²) in [6, 6.07) is 7.26. The molecule has 1 saturated heterocycles. The van der Waals surface area contributed by atoms with Gasteiger partial charge in [0.1, 0.15) is 23.8 Å². The molecule has 1 aliphatic heterocycles. The fraction of sp³-hybridized carbons (Fsp3) is 0.348. The monoisotopic (exact) mass is 562 g/mol. The Morgan fingerprint density at radius 3 is 2.62 bits per heavy atom. The van der Waals surface area contributed by atoms with Crippen LogP contribution in [0, 0.1) is 0 Å². The number of anilines is 1. The molecule has 39 heavy (non-hydrogen) atoms. The minimum atomic E-state index is -4.40. The Balaban J connectivity index is 1.30. The molecule has 0 saturated carbocycles. The molecule has 15 nitrogen and oxygen atoms in total. The molecule has 3 aromatic rings. The topological polar surface area (TPSA) is 225 Å². The average Bonchev–Trinajstić information content (AvgIpc) is 3.47. The fourth-order valence-corrected chi connectivity index (χ4v) is 4.86. The number of ether oxygens (including phenoxy) is 2. The Morgan fingerprint density at radius 1 is 1.13 bits per heavy atom. The third-order valence-electron chi connectivity index (χ3n) is 6.01. The van der Waals surface area contributed by atoms with Crippen molar-refractivity contribution in [1.29, 1.82) is 0 Å². The maximum Gasteiger partial charge on any atom is 0.337 e. The van der Waals surface area contributed by atoms with Crippen molar-refractivity contribution in [1.82, 2.24) is 24.0 Å². The summed E-state index contributed by atoms with van der Waals surface area (Å²) in [5.41, 5.74) is 7.20. The maximum absolute atomic E-state index is 12.4. The van der Waals surface area contributed by atoms with Crippen LogP contribution in [-0.4, -0.2) is 82.8 Å². The third kappa shape index (κ3) is 6.21. The summed E-state index contributed by atoms with van der Waals surface area (Å²) in [6.07, 6.45) is -3.24. The molecule has 1 amide bonds. The molecule has 1 fully saturated rings. The van der Waals surface area contributed by atoms with Gasteiger partial charge in [0, 0.05) is 31.1 Å². The summed E-state index contributed by atoms with van der Waals surface area (Å²) in [6.45, 7) is -0.487. The summed E-state index contributed by atoms with van der Waals surface area (Å²) < 4.78 is 40.2.